The number of ketones is 2. The molecule has 0 unspecified atom stereocenters. The summed E-state index contributed by atoms with van der Waals surface area (Å²) in [6.07, 6.45) is 1.24. The fourth-order valence-corrected chi connectivity index (χ4v) is 3.55. The normalized spacial score (nSPS) is 10.8. The molecule has 4 aromatic rings. The summed E-state index contributed by atoms with van der Waals surface area (Å²) in [5.41, 5.74) is 1.98. The van der Waals surface area contributed by atoms with Gasteiger partial charge >= 0.3 is 0 Å². The number of anilines is 2. The highest BCUT2D eigenvalue weighted by molar-refractivity contribution is 6.44. The fraction of sp³-hybridized carbons (Fsp3) is 0.120. The van der Waals surface area contributed by atoms with Crippen molar-refractivity contribution in [2.45, 2.75) is 13.3 Å². The fourth-order valence-electron chi connectivity index (χ4n) is 3.37. The zero-order chi connectivity index (χ0) is 23.4. The van der Waals surface area contributed by atoms with Crippen LogP contribution in [0.3, 0.4) is 0 Å². The van der Waals surface area contributed by atoms with Crippen LogP contribution in [0.25, 0.3) is 10.9 Å². The first-order chi connectivity index (χ1) is 16.0. The molecule has 0 aliphatic heterocycles. The first-order valence-electron chi connectivity index (χ1n) is 10.2. The Morgan fingerprint density at radius 2 is 1.85 bits per heavy atom. The molecule has 0 spiro atoms. The number of hydrogen-bond donors (Lipinski definition) is 1. The lowest BCUT2D eigenvalue weighted by atomic mass is 9.99. The predicted octanol–water partition coefficient (Wildman–Crippen LogP) is 5.56. The number of rotatable bonds is 8. The van der Waals surface area contributed by atoms with Gasteiger partial charge in [-0.25, -0.2) is 14.4 Å². The van der Waals surface area contributed by atoms with E-state index in [1.54, 1.807) is 42.5 Å². The van der Waals surface area contributed by atoms with Crippen molar-refractivity contribution in [1.82, 2.24) is 9.97 Å². The Bertz CT molecular complexity index is 1350. The minimum Gasteiger partial charge on any atom is -0.494 e. The Hall–Kier alpha value is -3.84. The number of carbonyl (C=O) groups excluding carboxylic acids is 2. The third-order valence-electron chi connectivity index (χ3n) is 4.94. The lowest BCUT2D eigenvalue weighted by molar-refractivity contribution is -0.114. The van der Waals surface area contributed by atoms with Crippen LogP contribution < -0.4 is 10.1 Å². The molecule has 8 heteroatoms. The van der Waals surface area contributed by atoms with Crippen molar-refractivity contribution >= 4 is 45.6 Å². The molecule has 0 aliphatic rings. The monoisotopic (exact) mass is 463 g/mol. The summed E-state index contributed by atoms with van der Waals surface area (Å²) < 4.78 is 19.2. The number of benzene rings is 3. The average molecular weight is 464 g/mol. The van der Waals surface area contributed by atoms with Crippen molar-refractivity contribution in [3.63, 3.8) is 0 Å². The van der Waals surface area contributed by atoms with E-state index in [-0.39, 0.29) is 11.4 Å². The van der Waals surface area contributed by atoms with Gasteiger partial charge in [-0.2, -0.15) is 0 Å². The second kappa shape index (κ2) is 9.75. The molecule has 166 valence electrons. The standard InChI is InChI=1S/C25H19ClFN3O3/c1-2-33-23-13-21-18(10-16(23)11-22(31)24(32)15-6-4-3-5-7-15)25(29-14-28-21)30-17-8-9-20(27)19(26)12-17/h3-10,12-14H,2,11H2,1H3,(H,28,29,30). The summed E-state index contributed by atoms with van der Waals surface area (Å²) in [6.45, 7) is 2.21. The van der Waals surface area contributed by atoms with Crippen molar-refractivity contribution in [2.75, 3.05) is 11.9 Å². The summed E-state index contributed by atoms with van der Waals surface area (Å²) in [4.78, 5) is 33.9. The minimum absolute atomic E-state index is 0.0253. The van der Waals surface area contributed by atoms with E-state index in [2.05, 4.69) is 15.3 Å². The molecule has 6 nitrogen and oxygen atoms in total. The molecule has 0 amide bonds. The largest absolute Gasteiger partial charge is 0.494 e. The van der Waals surface area contributed by atoms with E-state index in [1.807, 2.05) is 6.92 Å². The lowest BCUT2D eigenvalue weighted by Gasteiger charge is -2.14. The van der Waals surface area contributed by atoms with Gasteiger partial charge in [0.25, 0.3) is 0 Å². The summed E-state index contributed by atoms with van der Waals surface area (Å²) in [5.74, 6) is -0.748. The average Bonchev–Trinajstić information content (AvgIpc) is 2.82. The van der Waals surface area contributed by atoms with Gasteiger partial charge in [-0.05, 0) is 31.2 Å². The van der Waals surface area contributed by atoms with E-state index in [1.165, 1.54) is 24.5 Å². The molecule has 1 heterocycles. The Balaban J connectivity index is 1.71. The molecule has 3 aromatic carbocycles. The highest BCUT2D eigenvalue weighted by atomic mass is 35.5. The third-order valence-corrected chi connectivity index (χ3v) is 5.23. The van der Waals surface area contributed by atoms with Gasteiger partial charge in [-0.3, -0.25) is 9.59 Å². The summed E-state index contributed by atoms with van der Waals surface area (Å²) >= 11 is 5.88. The van der Waals surface area contributed by atoms with Crippen molar-refractivity contribution in [2.24, 2.45) is 0 Å². The van der Waals surface area contributed by atoms with Crippen LogP contribution in [0.2, 0.25) is 5.02 Å². The number of fused-ring (bicyclic) bond motifs is 1. The Morgan fingerprint density at radius 3 is 2.58 bits per heavy atom. The second-order valence-corrected chi connectivity index (χ2v) is 7.59. The number of halogens is 2. The molecular weight excluding hydrogens is 445 g/mol. The van der Waals surface area contributed by atoms with E-state index in [0.717, 1.165) is 0 Å². The van der Waals surface area contributed by atoms with Crippen molar-refractivity contribution in [3.8, 4) is 5.75 Å². The summed E-state index contributed by atoms with van der Waals surface area (Å²) in [6, 6.07) is 16.1. The summed E-state index contributed by atoms with van der Waals surface area (Å²) in [7, 11) is 0. The lowest BCUT2D eigenvalue weighted by Crippen LogP contribution is -2.17. The molecule has 0 fully saturated rings. The maximum Gasteiger partial charge on any atom is 0.228 e. The molecule has 0 saturated heterocycles. The molecule has 0 radical (unpaired) electrons. The Morgan fingerprint density at radius 1 is 1.06 bits per heavy atom. The van der Waals surface area contributed by atoms with Gasteiger partial charge in [-0.15, -0.1) is 0 Å². The van der Waals surface area contributed by atoms with E-state index in [4.69, 9.17) is 16.3 Å². The van der Waals surface area contributed by atoms with E-state index >= 15 is 0 Å². The molecular formula is C25H19ClFN3O3. The highest BCUT2D eigenvalue weighted by Crippen LogP contribution is 2.31. The number of nitrogens with one attached hydrogen (secondary N) is 1. The topological polar surface area (TPSA) is 81.2 Å². The number of carbonyl (C=O) groups is 2. The quantitative estimate of drug-likeness (QED) is 0.272. The molecule has 4 rings (SSSR count). The van der Waals surface area contributed by atoms with Crippen LogP contribution in [0.4, 0.5) is 15.9 Å². The van der Waals surface area contributed by atoms with Crippen LogP contribution >= 0.6 is 11.6 Å². The predicted molar refractivity (Wildman–Crippen MR) is 125 cm³/mol. The van der Waals surface area contributed by atoms with Gasteiger partial charge in [-0.1, -0.05) is 41.9 Å². The number of ether oxygens (including phenoxy) is 1. The van der Waals surface area contributed by atoms with Crippen LogP contribution in [0.5, 0.6) is 5.75 Å². The Labute approximate surface area is 194 Å². The van der Waals surface area contributed by atoms with E-state index in [0.29, 0.717) is 45.9 Å². The van der Waals surface area contributed by atoms with Crippen molar-refractivity contribution in [1.29, 1.82) is 0 Å². The number of hydrogen-bond acceptors (Lipinski definition) is 6. The van der Waals surface area contributed by atoms with Gasteiger partial charge in [0.2, 0.25) is 11.6 Å². The Kier molecular flexibility index (Phi) is 6.60. The summed E-state index contributed by atoms with van der Waals surface area (Å²) in [5, 5.41) is 3.68. The molecule has 1 N–H and O–H groups in total. The molecule has 0 bridgehead atoms. The second-order valence-electron chi connectivity index (χ2n) is 7.18. The van der Waals surface area contributed by atoms with Crippen LogP contribution in [0, 0.1) is 5.82 Å². The smallest absolute Gasteiger partial charge is 0.228 e. The maximum atomic E-state index is 13.5. The number of aromatic nitrogens is 2. The van der Waals surface area contributed by atoms with Gasteiger partial charge < -0.3 is 10.1 Å². The molecule has 0 saturated carbocycles. The third kappa shape index (κ3) is 4.99. The highest BCUT2D eigenvalue weighted by Gasteiger charge is 2.20. The van der Waals surface area contributed by atoms with Gasteiger partial charge in [0.15, 0.2) is 0 Å². The van der Waals surface area contributed by atoms with E-state index < -0.39 is 17.4 Å². The zero-order valence-corrected chi connectivity index (χ0v) is 18.4. The van der Waals surface area contributed by atoms with Gasteiger partial charge in [0, 0.05) is 34.7 Å². The van der Waals surface area contributed by atoms with Crippen LogP contribution in [-0.2, 0) is 11.2 Å². The molecule has 1 aromatic heterocycles. The first kappa shape index (κ1) is 22.4. The van der Waals surface area contributed by atoms with Crippen LogP contribution in [0.1, 0.15) is 22.8 Å². The minimum atomic E-state index is -0.568. The molecule has 0 aliphatic carbocycles. The van der Waals surface area contributed by atoms with Gasteiger partial charge in [0.05, 0.1) is 17.1 Å². The SMILES string of the molecule is CCOc1cc2ncnc(Nc3ccc(F)c(Cl)c3)c2cc1CC(=O)C(=O)c1ccccc1. The van der Waals surface area contributed by atoms with Gasteiger partial charge in [0.1, 0.15) is 23.7 Å². The maximum absolute atomic E-state index is 13.5. The number of Topliss-reactive ketones (excluding diaryl/α,β-unsaturated/α-hetero) is 2. The molecule has 33 heavy (non-hydrogen) atoms. The van der Waals surface area contributed by atoms with Crippen LogP contribution in [0.15, 0.2) is 67.0 Å². The number of nitrogens with zero attached hydrogens (tertiary/aromatic N) is 2. The molecule has 0 atom stereocenters. The van der Waals surface area contributed by atoms with Crippen LogP contribution in [-0.4, -0.2) is 28.1 Å². The van der Waals surface area contributed by atoms with Crippen molar-refractivity contribution in [3.05, 3.63) is 89.0 Å². The zero-order valence-electron chi connectivity index (χ0n) is 17.6. The van der Waals surface area contributed by atoms with E-state index in [9.17, 15) is 14.0 Å². The van der Waals surface area contributed by atoms with Crippen molar-refractivity contribution < 1.29 is 18.7 Å². The first-order valence-corrected chi connectivity index (χ1v) is 10.6.